The van der Waals surface area contributed by atoms with Crippen molar-refractivity contribution in [2.75, 3.05) is 33.2 Å². The van der Waals surface area contributed by atoms with Gasteiger partial charge in [-0.1, -0.05) is 0 Å². The lowest BCUT2D eigenvalue weighted by molar-refractivity contribution is -0.121. The minimum absolute atomic E-state index is 0.0685. The average Bonchev–Trinajstić information content (AvgIpc) is 2.55. The molecule has 0 radical (unpaired) electrons. The van der Waals surface area contributed by atoms with Crippen LogP contribution in [0, 0.1) is 0 Å². The van der Waals surface area contributed by atoms with Crippen LogP contribution >= 0.6 is 11.6 Å². The van der Waals surface area contributed by atoms with Crippen molar-refractivity contribution in [3.63, 3.8) is 0 Å². The van der Waals surface area contributed by atoms with Gasteiger partial charge in [-0.05, 0) is 24.6 Å². The first kappa shape index (κ1) is 18.1. The van der Waals surface area contributed by atoms with Crippen LogP contribution < -0.4 is 20.1 Å². The summed E-state index contributed by atoms with van der Waals surface area (Å²) in [5.74, 6) is 1.20. The molecule has 0 saturated heterocycles. The SMILES string of the molecule is COc1ccc(C(=O)NCCNC(=O)CCCCl)cc1OC. The van der Waals surface area contributed by atoms with Gasteiger partial charge in [0, 0.05) is 31.0 Å². The summed E-state index contributed by atoms with van der Waals surface area (Å²) in [5.41, 5.74) is 0.464. The number of carbonyl (C=O) groups excluding carboxylic acids is 2. The molecule has 0 unspecified atom stereocenters. The summed E-state index contributed by atoms with van der Waals surface area (Å²) in [5, 5.41) is 5.43. The molecule has 0 bridgehead atoms. The summed E-state index contributed by atoms with van der Waals surface area (Å²) in [4.78, 5) is 23.3. The van der Waals surface area contributed by atoms with E-state index in [9.17, 15) is 9.59 Å². The number of benzene rings is 1. The fourth-order valence-electron chi connectivity index (χ4n) is 1.77. The lowest BCUT2D eigenvalue weighted by Crippen LogP contribution is -2.34. The largest absolute Gasteiger partial charge is 0.493 e. The van der Waals surface area contributed by atoms with Gasteiger partial charge in [-0.25, -0.2) is 0 Å². The predicted molar refractivity (Wildman–Crippen MR) is 84.8 cm³/mol. The number of halogens is 1. The smallest absolute Gasteiger partial charge is 0.251 e. The molecule has 2 amide bonds. The Morgan fingerprint density at radius 3 is 2.41 bits per heavy atom. The van der Waals surface area contributed by atoms with Crippen molar-refractivity contribution in [1.29, 1.82) is 0 Å². The molecule has 1 aromatic carbocycles. The van der Waals surface area contributed by atoms with Crippen molar-refractivity contribution < 1.29 is 19.1 Å². The van der Waals surface area contributed by atoms with E-state index in [1.807, 2.05) is 0 Å². The van der Waals surface area contributed by atoms with Crippen molar-refractivity contribution in [3.8, 4) is 11.5 Å². The molecule has 0 aromatic heterocycles. The van der Waals surface area contributed by atoms with Gasteiger partial charge in [-0.15, -0.1) is 11.6 Å². The Morgan fingerprint density at radius 1 is 1.09 bits per heavy atom. The molecule has 0 aliphatic carbocycles. The molecule has 0 saturated carbocycles. The standard InChI is InChI=1S/C15H21ClN2O4/c1-21-12-6-5-11(10-13(12)22-2)15(20)18-9-8-17-14(19)4-3-7-16/h5-6,10H,3-4,7-9H2,1-2H3,(H,17,19)(H,18,20). The van der Waals surface area contributed by atoms with E-state index in [0.29, 0.717) is 48.9 Å². The second kappa shape index (κ2) is 9.89. The van der Waals surface area contributed by atoms with E-state index in [2.05, 4.69) is 10.6 Å². The zero-order valence-electron chi connectivity index (χ0n) is 12.8. The molecule has 1 aromatic rings. The van der Waals surface area contributed by atoms with Crippen LogP contribution in [0.2, 0.25) is 0 Å². The van der Waals surface area contributed by atoms with Gasteiger partial charge in [-0.3, -0.25) is 9.59 Å². The lowest BCUT2D eigenvalue weighted by atomic mass is 10.2. The van der Waals surface area contributed by atoms with Gasteiger partial charge in [0.2, 0.25) is 5.91 Å². The summed E-state index contributed by atoms with van der Waals surface area (Å²) in [6.07, 6.45) is 1.04. The number of hydrogen-bond acceptors (Lipinski definition) is 4. The monoisotopic (exact) mass is 328 g/mol. The van der Waals surface area contributed by atoms with Crippen LogP contribution in [-0.4, -0.2) is 45.0 Å². The second-order valence-electron chi connectivity index (χ2n) is 4.47. The van der Waals surface area contributed by atoms with Gasteiger partial charge in [0.25, 0.3) is 5.91 Å². The maximum atomic E-state index is 12.0. The van der Waals surface area contributed by atoms with E-state index in [4.69, 9.17) is 21.1 Å². The van der Waals surface area contributed by atoms with Crippen molar-refractivity contribution in [2.24, 2.45) is 0 Å². The van der Waals surface area contributed by atoms with Gasteiger partial charge >= 0.3 is 0 Å². The maximum absolute atomic E-state index is 12.0. The predicted octanol–water partition coefficient (Wildman–Crippen LogP) is 1.57. The molecule has 2 N–H and O–H groups in total. The quantitative estimate of drug-likeness (QED) is 0.533. The van der Waals surface area contributed by atoms with Crippen molar-refractivity contribution in [2.45, 2.75) is 12.8 Å². The van der Waals surface area contributed by atoms with Crippen LogP contribution in [0.1, 0.15) is 23.2 Å². The summed E-state index contributed by atoms with van der Waals surface area (Å²) in [7, 11) is 3.04. The molecule has 0 heterocycles. The van der Waals surface area contributed by atoms with Gasteiger partial charge in [0.1, 0.15) is 0 Å². The highest BCUT2D eigenvalue weighted by Crippen LogP contribution is 2.27. The lowest BCUT2D eigenvalue weighted by Gasteiger charge is -2.10. The average molecular weight is 329 g/mol. The van der Waals surface area contributed by atoms with E-state index in [1.165, 1.54) is 14.2 Å². The fourth-order valence-corrected chi connectivity index (χ4v) is 1.91. The number of nitrogens with one attached hydrogen (secondary N) is 2. The van der Waals surface area contributed by atoms with Crippen molar-refractivity contribution in [1.82, 2.24) is 10.6 Å². The first-order valence-corrected chi connectivity index (χ1v) is 7.48. The third kappa shape index (κ3) is 5.81. The van der Waals surface area contributed by atoms with Crippen LogP contribution in [0.4, 0.5) is 0 Å². The highest BCUT2D eigenvalue weighted by atomic mass is 35.5. The van der Waals surface area contributed by atoms with Gasteiger partial charge in [-0.2, -0.15) is 0 Å². The van der Waals surface area contributed by atoms with Gasteiger partial charge in [0.15, 0.2) is 11.5 Å². The zero-order chi connectivity index (χ0) is 16.4. The Balaban J connectivity index is 2.41. The normalized spacial score (nSPS) is 9.95. The third-order valence-corrected chi connectivity index (χ3v) is 3.18. The topological polar surface area (TPSA) is 76.7 Å². The molecule has 0 aliphatic heterocycles. The summed E-state index contributed by atoms with van der Waals surface area (Å²) in [6.45, 7) is 0.722. The minimum atomic E-state index is -0.240. The van der Waals surface area contributed by atoms with Crippen molar-refractivity contribution >= 4 is 23.4 Å². The number of methoxy groups -OCH3 is 2. The van der Waals surface area contributed by atoms with Gasteiger partial charge in [0.05, 0.1) is 14.2 Å². The van der Waals surface area contributed by atoms with E-state index in [0.717, 1.165) is 0 Å². The van der Waals surface area contributed by atoms with Crippen LogP contribution in [-0.2, 0) is 4.79 Å². The molecule has 122 valence electrons. The number of carbonyl (C=O) groups is 2. The molecular formula is C15H21ClN2O4. The Bertz CT molecular complexity index is 508. The highest BCUT2D eigenvalue weighted by molar-refractivity contribution is 6.17. The Labute approximate surface area is 135 Å². The van der Waals surface area contributed by atoms with Crippen molar-refractivity contribution in [3.05, 3.63) is 23.8 Å². The van der Waals surface area contributed by atoms with Crippen LogP contribution in [0.25, 0.3) is 0 Å². The number of alkyl halides is 1. The first-order chi connectivity index (χ1) is 10.6. The van der Waals surface area contributed by atoms with Crippen LogP contribution in [0.5, 0.6) is 11.5 Å². The Morgan fingerprint density at radius 2 is 1.77 bits per heavy atom. The molecule has 0 atom stereocenters. The number of amides is 2. The Kier molecular flexibility index (Phi) is 8.14. The van der Waals surface area contributed by atoms with E-state index in [-0.39, 0.29) is 11.8 Å². The van der Waals surface area contributed by atoms with E-state index >= 15 is 0 Å². The molecule has 0 spiro atoms. The van der Waals surface area contributed by atoms with E-state index in [1.54, 1.807) is 18.2 Å². The minimum Gasteiger partial charge on any atom is -0.493 e. The van der Waals surface area contributed by atoms with E-state index < -0.39 is 0 Å². The third-order valence-electron chi connectivity index (χ3n) is 2.92. The number of ether oxygens (including phenoxy) is 2. The van der Waals surface area contributed by atoms with Crippen LogP contribution in [0.3, 0.4) is 0 Å². The molecule has 1 rings (SSSR count). The second-order valence-corrected chi connectivity index (χ2v) is 4.85. The van der Waals surface area contributed by atoms with Crippen LogP contribution in [0.15, 0.2) is 18.2 Å². The maximum Gasteiger partial charge on any atom is 0.251 e. The molecule has 0 aliphatic rings. The van der Waals surface area contributed by atoms with Gasteiger partial charge < -0.3 is 20.1 Å². The first-order valence-electron chi connectivity index (χ1n) is 6.95. The molecule has 22 heavy (non-hydrogen) atoms. The Hall–Kier alpha value is -1.95. The molecule has 0 fully saturated rings. The molecular weight excluding hydrogens is 308 g/mol. The summed E-state index contributed by atoms with van der Waals surface area (Å²) < 4.78 is 10.3. The molecule has 6 nitrogen and oxygen atoms in total. The highest BCUT2D eigenvalue weighted by Gasteiger charge is 2.10. The fraction of sp³-hybridized carbons (Fsp3) is 0.467. The summed E-state index contributed by atoms with van der Waals surface area (Å²) >= 11 is 5.51. The zero-order valence-corrected chi connectivity index (χ0v) is 13.5. The molecule has 7 heteroatoms. The number of rotatable bonds is 9. The summed E-state index contributed by atoms with van der Waals surface area (Å²) in [6, 6.07) is 4.92. The number of hydrogen-bond donors (Lipinski definition) is 2.